The van der Waals surface area contributed by atoms with Gasteiger partial charge in [-0.3, -0.25) is 4.98 Å². The third kappa shape index (κ3) is 1.75. The quantitative estimate of drug-likeness (QED) is 0.673. The maximum Gasteiger partial charge on any atom is 0.265 e. The highest BCUT2D eigenvalue weighted by Crippen LogP contribution is 2.21. The predicted octanol–water partition coefficient (Wildman–Crippen LogP) is 2.80. The molecular formula is C8H8F3N. The molecule has 0 radical (unpaired) electrons. The van der Waals surface area contributed by atoms with Crippen LogP contribution in [0.3, 0.4) is 0 Å². The van der Waals surface area contributed by atoms with Gasteiger partial charge in [-0.05, 0) is 18.6 Å². The van der Waals surface area contributed by atoms with Gasteiger partial charge in [-0.25, -0.2) is 13.2 Å². The standard InChI is InChI=1S/C8H8F3N/c1-5-2-6(3-9)12-4-7(5)8(10)11/h2,4,8H,3H2,1H3. The van der Waals surface area contributed by atoms with Crippen LogP contribution >= 0.6 is 0 Å². The van der Waals surface area contributed by atoms with Crippen LogP contribution in [-0.2, 0) is 6.67 Å². The summed E-state index contributed by atoms with van der Waals surface area (Å²) in [5.74, 6) is 0. The Bertz CT molecular complexity index is 273. The maximum atomic E-state index is 12.1. The topological polar surface area (TPSA) is 12.9 Å². The summed E-state index contributed by atoms with van der Waals surface area (Å²) in [5.41, 5.74) is 0.441. The first-order chi connectivity index (χ1) is 5.65. The lowest BCUT2D eigenvalue weighted by Crippen LogP contribution is -1.94. The minimum atomic E-state index is -2.54. The molecule has 0 unspecified atom stereocenters. The first kappa shape index (κ1) is 9.03. The lowest BCUT2D eigenvalue weighted by atomic mass is 10.1. The van der Waals surface area contributed by atoms with E-state index in [1.54, 1.807) is 0 Å². The summed E-state index contributed by atoms with van der Waals surface area (Å²) in [6, 6.07) is 1.33. The van der Waals surface area contributed by atoms with E-state index < -0.39 is 13.1 Å². The van der Waals surface area contributed by atoms with E-state index in [-0.39, 0.29) is 11.3 Å². The highest BCUT2D eigenvalue weighted by Gasteiger charge is 2.10. The van der Waals surface area contributed by atoms with Crippen molar-refractivity contribution in [3.63, 3.8) is 0 Å². The van der Waals surface area contributed by atoms with E-state index in [0.717, 1.165) is 6.20 Å². The summed E-state index contributed by atoms with van der Waals surface area (Å²) in [4.78, 5) is 3.52. The van der Waals surface area contributed by atoms with Crippen molar-refractivity contribution >= 4 is 0 Å². The molecule has 0 N–H and O–H groups in total. The summed E-state index contributed by atoms with van der Waals surface area (Å²) in [5, 5.41) is 0. The molecule has 0 amide bonds. The Kier molecular flexibility index (Phi) is 2.68. The maximum absolute atomic E-state index is 12.1. The summed E-state index contributed by atoms with van der Waals surface area (Å²) >= 11 is 0. The van der Waals surface area contributed by atoms with Gasteiger partial charge in [0.15, 0.2) is 0 Å². The molecule has 66 valence electrons. The van der Waals surface area contributed by atoms with E-state index in [0.29, 0.717) is 5.56 Å². The largest absolute Gasteiger partial charge is 0.265 e. The number of alkyl halides is 3. The third-order valence-electron chi connectivity index (χ3n) is 1.58. The molecule has 0 aliphatic carbocycles. The van der Waals surface area contributed by atoms with Gasteiger partial charge in [0.2, 0.25) is 0 Å². The van der Waals surface area contributed by atoms with Crippen molar-refractivity contribution in [1.29, 1.82) is 0 Å². The highest BCUT2D eigenvalue weighted by molar-refractivity contribution is 5.25. The van der Waals surface area contributed by atoms with Crippen LogP contribution in [0.2, 0.25) is 0 Å². The van der Waals surface area contributed by atoms with Crippen molar-refractivity contribution in [2.45, 2.75) is 20.0 Å². The molecule has 1 aromatic heterocycles. The normalized spacial score (nSPS) is 10.8. The molecule has 0 saturated carbocycles. The van der Waals surface area contributed by atoms with Gasteiger partial charge in [0.25, 0.3) is 6.43 Å². The third-order valence-corrected chi connectivity index (χ3v) is 1.58. The van der Waals surface area contributed by atoms with Crippen molar-refractivity contribution in [3.8, 4) is 0 Å². The fraction of sp³-hybridized carbons (Fsp3) is 0.375. The first-order valence-electron chi connectivity index (χ1n) is 3.44. The highest BCUT2D eigenvalue weighted by atomic mass is 19.3. The molecule has 1 nitrogen and oxygen atoms in total. The molecule has 4 heteroatoms. The average molecular weight is 175 g/mol. The van der Waals surface area contributed by atoms with Gasteiger partial charge in [-0.2, -0.15) is 0 Å². The fourth-order valence-corrected chi connectivity index (χ4v) is 0.926. The zero-order valence-electron chi connectivity index (χ0n) is 6.52. The molecule has 1 aromatic rings. The summed E-state index contributed by atoms with van der Waals surface area (Å²) in [7, 11) is 0. The molecule has 0 spiro atoms. The van der Waals surface area contributed by atoms with Crippen LogP contribution < -0.4 is 0 Å². The van der Waals surface area contributed by atoms with Crippen molar-refractivity contribution < 1.29 is 13.2 Å². The molecular weight excluding hydrogens is 167 g/mol. The van der Waals surface area contributed by atoms with Crippen LogP contribution in [0.15, 0.2) is 12.3 Å². The van der Waals surface area contributed by atoms with Crippen LogP contribution in [0.1, 0.15) is 23.2 Å². The number of halogens is 3. The van der Waals surface area contributed by atoms with Crippen molar-refractivity contribution in [2.24, 2.45) is 0 Å². The summed E-state index contributed by atoms with van der Waals surface area (Å²) in [6.07, 6.45) is -1.51. The van der Waals surface area contributed by atoms with Crippen molar-refractivity contribution in [1.82, 2.24) is 4.98 Å². The SMILES string of the molecule is Cc1cc(CF)ncc1C(F)F. The molecule has 12 heavy (non-hydrogen) atoms. The lowest BCUT2D eigenvalue weighted by Gasteiger charge is -2.04. The summed E-state index contributed by atoms with van der Waals surface area (Å²) in [6.45, 7) is 0.798. The van der Waals surface area contributed by atoms with Crippen LogP contribution in [0.5, 0.6) is 0 Å². The lowest BCUT2D eigenvalue weighted by molar-refractivity contribution is 0.150. The molecule has 0 aromatic carbocycles. The van der Waals surface area contributed by atoms with E-state index in [2.05, 4.69) is 4.98 Å². The van der Waals surface area contributed by atoms with Gasteiger partial charge < -0.3 is 0 Å². The Balaban J connectivity index is 3.03. The predicted molar refractivity (Wildman–Crippen MR) is 38.7 cm³/mol. The smallest absolute Gasteiger partial charge is 0.258 e. The van der Waals surface area contributed by atoms with Crippen LogP contribution in [0.4, 0.5) is 13.2 Å². The fourth-order valence-electron chi connectivity index (χ4n) is 0.926. The first-order valence-corrected chi connectivity index (χ1v) is 3.44. The molecule has 0 fully saturated rings. The molecule has 0 aliphatic heterocycles. The number of hydrogen-bond donors (Lipinski definition) is 0. The Morgan fingerprint density at radius 3 is 2.58 bits per heavy atom. The Labute approximate surface area is 68.2 Å². The Morgan fingerprint density at radius 1 is 1.50 bits per heavy atom. The van der Waals surface area contributed by atoms with E-state index in [9.17, 15) is 13.2 Å². The monoisotopic (exact) mass is 175 g/mol. The second-order valence-corrected chi connectivity index (χ2v) is 2.47. The molecule has 0 bridgehead atoms. The van der Waals surface area contributed by atoms with E-state index in [4.69, 9.17) is 0 Å². The Morgan fingerprint density at radius 2 is 2.17 bits per heavy atom. The molecule has 1 heterocycles. The van der Waals surface area contributed by atoms with Crippen molar-refractivity contribution in [3.05, 3.63) is 29.1 Å². The van der Waals surface area contributed by atoms with Gasteiger partial charge in [0, 0.05) is 11.8 Å². The van der Waals surface area contributed by atoms with E-state index >= 15 is 0 Å². The minimum absolute atomic E-state index is 0.132. The average Bonchev–Trinajstić information content (AvgIpc) is 2.03. The second kappa shape index (κ2) is 3.56. The number of aryl methyl sites for hydroxylation is 1. The van der Waals surface area contributed by atoms with Gasteiger partial charge >= 0.3 is 0 Å². The molecule has 0 saturated heterocycles. The second-order valence-electron chi connectivity index (χ2n) is 2.47. The number of aromatic nitrogens is 1. The van der Waals surface area contributed by atoms with Gasteiger partial charge in [0.1, 0.15) is 6.67 Å². The number of hydrogen-bond acceptors (Lipinski definition) is 1. The zero-order valence-corrected chi connectivity index (χ0v) is 6.52. The van der Waals surface area contributed by atoms with E-state index in [1.807, 2.05) is 0 Å². The van der Waals surface area contributed by atoms with E-state index in [1.165, 1.54) is 13.0 Å². The number of pyridine rings is 1. The molecule has 0 aliphatic rings. The van der Waals surface area contributed by atoms with Gasteiger partial charge in [0.05, 0.1) is 5.69 Å². The zero-order chi connectivity index (χ0) is 9.14. The van der Waals surface area contributed by atoms with Gasteiger partial charge in [-0.1, -0.05) is 0 Å². The molecule has 1 rings (SSSR count). The minimum Gasteiger partial charge on any atom is -0.258 e. The molecule has 0 atom stereocenters. The number of nitrogens with zero attached hydrogens (tertiary/aromatic N) is 1. The Hall–Kier alpha value is -1.06. The van der Waals surface area contributed by atoms with Crippen LogP contribution in [0, 0.1) is 6.92 Å². The number of rotatable bonds is 2. The van der Waals surface area contributed by atoms with Gasteiger partial charge in [-0.15, -0.1) is 0 Å². The van der Waals surface area contributed by atoms with Crippen molar-refractivity contribution in [2.75, 3.05) is 0 Å². The summed E-state index contributed by atoms with van der Waals surface area (Å²) < 4.78 is 36.2. The van der Waals surface area contributed by atoms with Crippen LogP contribution in [0.25, 0.3) is 0 Å². The van der Waals surface area contributed by atoms with Crippen LogP contribution in [-0.4, -0.2) is 4.98 Å².